The fraction of sp³-hybridized carbons (Fsp3) is 0.688. The predicted molar refractivity (Wildman–Crippen MR) is 79.1 cm³/mol. The Kier molecular flexibility index (Phi) is 7.80. The molecule has 1 aliphatic carbocycles. The van der Waals surface area contributed by atoms with E-state index in [1.54, 1.807) is 6.08 Å². The summed E-state index contributed by atoms with van der Waals surface area (Å²) in [6, 6.07) is 0. The Hall–Kier alpha value is -1.69. The molecule has 0 spiro atoms. The van der Waals surface area contributed by atoms with Crippen LogP contribution in [0.3, 0.4) is 0 Å². The first-order chi connectivity index (χ1) is 10.5. The molecule has 0 bridgehead atoms. The van der Waals surface area contributed by atoms with Crippen molar-refractivity contribution < 1.29 is 29.3 Å². The third-order valence-electron chi connectivity index (χ3n) is 4.06. The molecule has 0 radical (unpaired) electrons. The van der Waals surface area contributed by atoms with E-state index in [2.05, 4.69) is 6.92 Å². The number of ether oxygens (including phenoxy) is 1. The number of rotatable bonds is 10. The van der Waals surface area contributed by atoms with Crippen molar-refractivity contribution in [2.45, 2.75) is 57.7 Å². The average Bonchev–Trinajstić information content (AvgIpc) is 2.73. The number of carboxylic acid groups (broad SMARTS) is 1. The molecule has 22 heavy (non-hydrogen) atoms. The highest BCUT2D eigenvalue weighted by Gasteiger charge is 2.43. The van der Waals surface area contributed by atoms with E-state index in [-0.39, 0.29) is 18.6 Å². The molecule has 0 saturated heterocycles. The lowest BCUT2D eigenvalue weighted by atomic mass is 9.90. The van der Waals surface area contributed by atoms with E-state index < -0.39 is 30.0 Å². The molecule has 124 valence electrons. The van der Waals surface area contributed by atoms with Gasteiger partial charge in [-0.15, -0.1) is 0 Å². The van der Waals surface area contributed by atoms with Crippen molar-refractivity contribution in [3.05, 3.63) is 12.2 Å². The number of carbonyl (C=O) groups is 3. The Morgan fingerprint density at radius 1 is 1.32 bits per heavy atom. The molecule has 0 aliphatic heterocycles. The summed E-state index contributed by atoms with van der Waals surface area (Å²) in [5.74, 6) is -2.06. The number of hydrogen-bond donors (Lipinski definition) is 2. The molecule has 4 atom stereocenters. The van der Waals surface area contributed by atoms with Gasteiger partial charge < -0.3 is 14.9 Å². The van der Waals surface area contributed by atoms with E-state index in [1.165, 1.54) is 6.08 Å². The van der Waals surface area contributed by atoms with E-state index in [1.807, 2.05) is 0 Å². The molecule has 0 aromatic rings. The standard InChI is InChI=1S/C16H24O6/c1-2-3-4-5-11(18)6-7-12-13(8-16(20)21)14(19)9-15(12)22-10-17/h6-7,10,12-15,19H,2-5,8-9H2,1H3,(H,20,21)/t12-,13-,14+,15-/m0/s1. The lowest BCUT2D eigenvalue weighted by Gasteiger charge is -2.19. The normalized spacial score (nSPS) is 27.9. The van der Waals surface area contributed by atoms with Gasteiger partial charge in [-0.05, 0) is 12.5 Å². The maximum atomic E-state index is 11.8. The highest BCUT2D eigenvalue weighted by atomic mass is 16.5. The third kappa shape index (κ3) is 5.60. The number of hydrogen-bond acceptors (Lipinski definition) is 5. The summed E-state index contributed by atoms with van der Waals surface area (Å²) in [4.78, 5) is 33.2. The molecule has 1 fully saturated rings. The third-order valence-corrected chi connectivity index (χ3v) is 4.06. The van der Waals surface area contributed by atoms with Gasteiger partial charge in [-0.25, -0.2) is 0 Å². The van der Waals surface area contributed by atoms with Crippen LogP contribution in [0.4, 0.5) is 0 Å². The highest BCUT2D eigenvalue weighted by Crippen LogP contribution is 2.37. The van der Waals surface area contributed by atoms with Crippen LogP contribution in [0.25, 0.3) is 0 Å². The van der Waals surface area contributed by atoms with Crippen molar-refractivity contribution in [2.75, 3.05) is 0 Å². The van der Waals surface area contributed by atoms with Gasteiger partial charge >= 0.3 is 5.97 Å². The smallest absolute Gasteiger partial charge is 0.303 e. The molecule has 0 amide bonds. The lowest BCUT2D eigenvalue weighted by Crippen LogP contribution is -2.24. The fourth-order valence-electron chi connectivity index (χ4n) is 2.91. The number of aliphatic hydroxyl groups excluding tert-OH is 1. The van der Waals surface area contributed by atoms with Gasteiger partial charge in [0.2, 0.25) is 0 Å². The Balaban J connectivity index is 2.72. The summed E-state index contributed by atoms with van der Waals surface area (Å²) in [5.41, 5.74) is 0. The van der Waals surface area contributed by atoms with Crippen LogP contribution in [-0.2, 0) is 19.1 Å². The van der Waals surface area contributed by atoms with Gasteiger partial charge in [0.05, 0.1) is 12.5 Å². The highest BCUT2D eigenvalue weighted by molar-refractivity contribution is 5.89. The van der Waals surface area contributed by atoms with Gasteiger partial charge in [0, 0.05) is 24.7 Å². The van der Waals surface area contributed by atoms with Crippen molar-refractivity contribution in [2.24, 2.45) is 11.8 Å². The van der Waals surface area contributed by atoms with E-state index in [4.69, 9.17) is 9.84 Å². The maximum absolute atomic E-state index is 11.8. The molecular formula is C16H24O6. The minimum absolute atomic E-state index is 0.0335. The van der Waals surface area contributed by atoms with Crippen LogP contribution in [0.1, 0.15) is 45.4 Å². The van der Waals surface area contributed by atoms with Crippen LogP contribution in [0, 0.1) is 11.8 Å². The average molecular weight is 312 g/mol. The first kappa shape index (κ1) is 18.4. The zero-order valence-electron chi connectivity index (χ0n) is 12.8. The zero-order chi connectivity index (χ0) is 16.5. The maximum Gasteiger partial charge on any atom is 0.303 e. The molecule has 0 aromatic heterocycles. The van der Waals surface area contributed by atoms with E-state index in [0.717, 1.165) is 19.3 Å². The van der Waals surface area contributed by atoms with Gasteiger partial charge in [-0.3, -0.25) is 14.4 Å². The summed E-state index contributed by atoms with van der Waals surface area (Å²) in [6.07, 6.45) is 4.82. The summed E-state index contributed by atoms with van der Waals surface area (Å²) in [7, 11) is 0. The molecule has 1 saturated carbocycles. The molecule has 0 unspecified atom stereocenters. The first-order valence-electron chi connectivity index (χ1n) is 7.69. The van der Waals surface area contributed by atoms with Gasteiger partial charge in [0.15, 0.2) is 5.78 Å². The Morgan fingerprint density at radius 3 is 2.64 bits per heavy atom. The number of allylic oxidation sites excluding steroid dienone is 1. The molecule has 0 aromatic carbocycles. The van der Waals surface area contributed by atoms with E-state index in [9.17, 15) is 19.5 Å². The summed E-state index contributed by atoms with van der Waals surface area (Å²) >= 11 is 0. The molecule has 1 rings (SSSR count). The largest absolute Gasteiger partial charge is 0.481 e. The van der Waals surface area contributed by atoms with Crippen molar-refractivity contribution in [1.29, 1.82) is 0 Å². The predicted octanol–water partition coefficient (Wildman–Crippen LogP) is 1.71. The summed E-state index contributed by atoms with van der Waals surface area (Å²) in [6.45, 7) is 2.35. The van der Waals surface area contributed by atoms with Gasteiger partial charge in [0.1, 0.15) is 6.10 Å². The minimum atomic E-state index is -1.02. The van der Waals surface area contributed by atoms with E-state index >= 15 is 0 Å². The second-order valence-corrected chi connectivity index (χ2v) is 5.70. The number of unbranched alkanes of at least 4 members (excludes halogenated alkanes) is 2. The second-order valence-electron chi connectivity index (χ2n) is 5.70. The summed E-state index contributed by atoms with van der Waals surface area (Å²) < 4.78 is 4.93. The van der Waals surface area contributed by atoms with Crippen LogP contribution < -0.4 is 0 Å². The monoisotopic (exact) mass is 312 g/mol. The molecule has 1 aliphatic rings. The molecule has 6 heteroatoms. The quantitative estimate of drug-likeness (QED) is 0.362. The number of carboxylic acids is 1. The number of carbonyl (C=O) groups excluding carboxylic acids is 2. The topological polar surface area (TPSA) is 101 Å². The van der Waals surface area contributed by atoms with Crippen LogP contribution >= 0.6 is 0 Å². The summed E-state index contributed by atoms with van der Waals surface area (Å²) in [5, 5.41) is 18.9. The van der Waals surface area contributed by atoms with Crippen LogP contribution in [0.15, 0.2) is 12.2 Å². The fourth-order valence-corrected chi connectivity index (χ4v) is 2.91. The van der Waals surface area contributed by atoms with Gasteiger partial charge in [-0.2, -0.15) is 0 Å². The van der Waals surface area contributed by atoms with E-state index in [0.29, 0.717) is 12.9 Å². The lowest BCUT2D eigenvalue weighted by molar-refractivity contribution is -0.139. The first-order valence-corrected chi connectivity index (χ1v) is 7.69. The Labute approximate surface area is 130 Å². The SMILES string of the molecule is CCCCCC(=O)C=C[C@H]1[C@H](CC(=O)O)[C@H](O)C[C@@H]1OC=O. The minimum Gasteiger partial charge on any atom is -0.481 e. The van der Waals surface area contributed by atoms with Crippen LogP contribution in [-0.4, -0.2) is 40.6 Å². The van der Waals surface area contributed by atoms with Crippen molar-refractivity contribution in [1.82, 2.24) is 0 Å². The number of aliphatic hydroxyl groups is 1. The second kappa shape index (κ2) is 9.35. The zero-order valence-corrected chi connectivity index (χ0v) is 12.8. The van der Waals surface area contributed by atoms with Gasteiger partial charge in [0.25, 0.3) is 6.47 Å². The number of ketones is 1. The van der Waals surface area contributed by atoms with Crippen LogP contribution in [0.5, 0.6) is 0 Å². The van der Waals surface area contributed by atoms with Crippen molar-refractivity contribution in [3.8, 4) is 0 Å². The molecule has 0 heterocycles. The molecule has 6 nitrogen and oxygen atoms in total. The van der Waals surface area contributed by atoms with Crippen molar-refractivity contribution >= 4 is 18.2 Å². The molecular weight excluding hydrogens is 288 g/mol. The molecule has 2 N–H and O–H groups in total. The number of aliphatic carboxylic acids is 1. The van der Waals surface area contributed by atoms with Crippen LogP contribution in [0.2, 0.25) is 0 Å². The van der Waals surface area contributed by atoms with Gasteiger partial charge in [-0.1, -0.05) is 25.8 Å². The Bertz CT molecular complexity index is 417. The van der Waals surface area contributed by atoms with Crippen molar-refractivity contribution in [3.63, 3.8) is 0 Å². The Morgan fingerprint density at radius 2 is 2.05 bits per heavy atom.